The summed E-state index contributed by atoms with van der Waals surface area (Å²) in [5.41, 5.74) is 0. The summed E-state index contributed by atoms with van der Waals surface area (Å²) >= 11 is 0. The zero-order valence-electron chi connectivity index (χ0n) is 11.2. The fraction of sp³-hybridized carbons (Fsp3) is 0.583. The molecule has 0 spiro atoms. The maximum absolute atomic E-state index is 10.5. The van der Waals surface area contributed by atoms with Crippen molar-refractivity contribution in [1.82, 2.24) is 5.32 Å². The molecule has 3 N–H and O–H groups in total. The summed E-state index contributed by atoms with van der Waals surface area (Å²) in [5.74, 6) is -2.84. The first-order valence-electron chi connectivity index (χ1n) is 6.01. The molecule has 106 valence electrons. The van der Waals surface area contributed by atoms with Crippen molar-refractivity contribution in [2.24, 2.45) is 5.92 Å². The topological polar surface area (TPSA) is 127 Å². The summed E-state index contributed by atoms with van der Waals surface area (Å²) in [5, 5.41) is 29.2. The largest absolute Gasteiger partial charge is 1.00 e. The van der Waals surface area contributed by atoms with Crippen molar-refractivity contribution in [2.75, 3.05) is 0 Å². The minimum atomic E-state index is -1.26. The van der Waals surface area contributed by atoms with Crippen molar-refractivity contribution >= 4 is 17.9 Å². The van der Waals surface area contributed by atoms with Crippen LogP contribution in [0.25, 0.3) is 0 Å². The van der Waals surface area contributed by atoms with Gasteiger partial charge in [-0.3, -0.25) is 0 Å². The molecular formula is C12H17NO6. The van der Waals surface area contributed by atoms with Crippen LogP contribution < -0.4 is 10.4 Å². The first-order chi connectivity index (χ1) is 8.90. The van der Waals surface area contributed by atoms with E-state index in [0.717, 1.165) is 12.8 Å². The summed E-state index contributed by atoms with van der Waals surface area (Å²) < 4.78 is 0. The van der Waals surface area contributed by atoms with E-state index in [1.54, 1.807) is 0 Å². The van der Waals surface area contributed by atoms with E-state index >= 15 is 0 Å². The molecule has 1 saturated carbocycles. The monoisotopic (exact) mass is 271 g/mol. The molecule has 2 rings (SSSR count). The smallest absolute Gasteiger partial charge is 0.548 e. The molecule has 7 nitrogen and oxygen atoms in total. The second-order valence-electron chi connectivity index (χ2n) is 4.58. The van der Waals surface area contributed by atoms with Gasteiger partial charge in [0.2, 0.25) is 0 Å². The minimum Gasteiger partial charge on any atom is -0.548 e. The molecule has 0 aromatic heterocycles. The van der Waals surface area contributed by atoms with E-state index in [0.29, 0.717) is 24.1 Å². The van der Waals surface area contributed by atoms with Crippen LogP contribution in [-0.2, 0) is 14.4 Å². The Balaban J connectivity index is 0.000000364. The SMILES string of the molecule is O=C(O)/C=C\C(=O)O.O=C([O-])[C@@H]1C[C@@H]2CCC[C@@H]2N1.[H+]. The minimum absolute atomic E-state index is 0. The lowest BCUT2D eigenvalue weighted by molar-refractivity contribution is -0.308. The Labute approximate surface area is 111 Å². The Hall–Kier alpha value is -1.89. The standard InChI is InChI=1S/C8H13NO2.C4H4O4/c10-8(11)7-4-5-2-1-3-6(5)9-7;5-3(6)1-2-4(7)8/h5-7,9H,1-4H2,(H,10,11);1-2H,(H,5,6)(H,7,8)/b;2-1-/t5-,6-,7-;/m0./s1. The summed E-state index contributed by atoms with van der Waals surface area (Å²) in [6, 6.07) is 0.100. The third-order valence-corrected chi connectivity index (χ3v) is 3.27. The van der Waals surface area contributed by atoms with Crippen LogP contribution in [-0.4, -0.2) is 40.2 Å². The summed E-state index contributed by atoms with van der Waals surface area (Å²) in [4.78, 5) is 29.6. The Morgan fingerprint density at radius 1 is 1.16 bits per heavy atom. The van der Waals surface area contributed by atoms with E-state index in [9.17, 15) is 19.5 Å². The molecule has 0 aromatic carbocycles. The summed E-state index contributed by atoms with van der Waals surface area (Å²) in [6.45, 7) is 0. The van der Waals surface area contributed by atoms with E-state index in [2.05, 4.69) is 5.32 Å². The fourth-order valence-electron chi connectivity index (χ4n) is 2.47. The lowest BCUT2D eigenvalue weighted by Gasteiger charge is -2.12. The number of fused-ring (bicyclic) bond motifs is 1. The average molecular weight is 271 g/mol. The van der Waals surface area contributed by atoms with Crippen molar-refractivity contribution < 1.29 is 31.1 Å². The van der Waals surface area contributed by atoms with Crippen LogP contribution in [0.2, 0.25) is 0 Å². The van der Waals surface area contributed by atoms with Gasteiger partial charge in [-0.15, -0.1) is 0 Å². The zero-order chi connectivity index (χ0) is 14.4. The molecule has 1 aliphatic heterocycles. The van der Waals surface area contributed by atoms with Gasteiger partial charge in [0.25, 0.3) is 0 Å². The molecule has 2 fully saturated rings. The first-order valence-corrected chi connectivity index (χ1v) is 6.01. The summed E-state index contributed by atoms with van der Waals surface area (Å²) in [6.07, 6.45) is 5.50. The molecule has 0 amide bonds. The normalized spacial score (nSPS) is 28.5. The first kappa shape index (κ1) is 15.2. The highest BCUT2D eigenvalue weighted by atomic mass is 16.4. The lowest BCUT2D eigenvalue weighted by atomic mass is 10.0. The van der Waals surface area contributed by atoms with Gasteiger partial charge in [0.1, 0.15) is 0 Å². The van der Waals surface area contributed by atoms with Gasteiger partial charge >= 0.3 is 13.4 Å². The number of nitrogens with one attached hydrogen (secondary N) is 1. The number of hydrogen-bond acceptors (Lipinski definition) is 5. The Morgan fingerprint density at radius 3 is 2.16 bits per heavy atom. The molecule has 19 heavy (non-hydrogen) atoms. The Morgan fingerprint density at radius 2 is 1.74 bits per heavy atom. The molecule has 1 saturated heterocycles. The van der Waals surface area contributed by atoms with E-state index in [4.69, 9.17) is 10.2 Å². The molecule has 0 aromatic rings. The predicted octanol–water partition coefficient (Wildman–Crippen LogP) is -0.909. The number of rotatable bonds is 3. The highest BCUT2D eigenvalue weighted by Crippen LogP contribution is 2.34. The molecule has 1 heterocycles. The van der Waals surface area contributed by atoms with Gasteiger partial charge in [0.05, 0.1) is 5.97 Å². The van der Waals surface area contributed by atoms with Crippen molar-refractivity contribution in [3.8, 4) is 0 Å². The highest BCUT2D eigenvalue weighted by molar-refractivity contribution is 5.89. The van der Waals surface area contributed by atoms with Gasteiger partial charge in [0.15, 0.2) is 0 Å². The van der Waals surface area contributed by atoms with Crippen molar-refractivity contribution in [1.29, 1.82) is 0 Å². The van der Waals surface area contributed by atoms with Crippen LogP contribution in [0, 0.1) is 5.92 Å². The highest BCUT2D eigenvalue weighted by Gasteiger charge is 2.36. The fourth-order valence-corrected chi connectivity index (χ4v) is 2.47. The van der Waals surface area contributed by atoms with Gasteiger partial charge in [-0.25, -0.2) is 9.59 Å². The van der Waals surface area contributed by atoms with E-state index in [-0.39, 0.29) is 7.47 Å². The predicted molar refractivity (Wildman–Crippen MR) is 63.2 cm³/mol. The Bertz CT molecular complexity index is 369. The van der Waals surface area contributed by atoms with Crippen LogP contribution in [0.3, 0.4) is 0 Å². The van der Waals surface area contributed by atoms with Gasteiger partial charge in [-0.2, -0.15) is 0 Å². The van der Waals surface area contributed by atoms with Crippen LogP contribution >= 0.6 is 0 Å². The molecule has 0 bridgehead atoms. The van der Waals surface area contributed by atoms with Crippen LogP contribution in [0.15, 0.2) is 12.2 Å². The van der Waals surface area contributed by atoms with Crippen LogP contribution in [0.4, 0.5) is 0 Å². The molecule has 2 aliphatic rings. The van der Waals surface area contributed by atoms with Gasteiger partial charge in [0, 0.05) is 24.2 Å². The lowest BCUT2D eigenvalue weighted by Crippen LogP contribution is -2.43. The molecule has 0 unspecified atom stereocenters. The number of carbonyl (C=O) groups excluding carboxylic acids is 1. The molecule has 7 heteroatoms. The van der Waals surface area contributed by atoms with Crippen LogP contribution in [0.1, 0.15) is 27.1 Å². The summed E-state index contributed by atoms with van der Waals surface area (Å²) in [7, 11) is 0. The maximum Gasteiger partial charge on any atom is 1.00 e. The number of carboxylic acid groups (broad SMARTS) is 3. The second-order valence-corrected chi connectivity index (χ2v) is 4.58. The van der Waals surface area contributed by atoms with Crippen molar-refractivity contribution in [2.45, 2.75) is 37.8 Å². The van der Waals surface area contributed by atoms with E-state index < -0.39 is 17.9 Å². The third-order valence-electron chi connectivity index (χ3n) is 3.27. The second kappa shape index (κ2) is 6.89. The quantitative estimate of drug-likeness (QED) is 0.567. The average Bonchev–Trinajstić information content (AvgIpc) is 2.86. The molecule has 0 radical (unpaired) electrons. The van der Waals surface area contributed by atoms with Gasteiger partial charge < -0.3 is 25.4 Å². The Kier molecular flexibility index (Phi) is 5.50. The number of aliphatic carboxylic acids is 3. The third kappa shape index (κ3) is 5.09. The van der Waals surface area contributed by atoms with E-state index in [1.807, 2.05) is 0 Å². The van der Waals surface area contributed by atoms with Crippen molar-refractivity contribution in [3.63, 3.8) is 0 Å². The molecule has 1 aliphatic carbocycles. The number of carbonyl (C=O) groups is 3. The van der Waals surface area contributed by atoms with Crippen LogP contribution in [0.5, 0.6) is 0 Å². The molecule has 3 atom stereocenters. The van der Waals surface area contributed by atoms with Gasteiger partial charge in [-0.05, 0) is 25.2 Å². The number of carboxylic acids is 3. The number of hydrogen-bond donors (Lipinski definition) is 3. The van der Waals surface area contributed by atoms with Crippen molar-refractivity contribution in [3.05, 3.63) is 12.2 Å². The van der Waals surface area contributed by atoms with E-state index in [1.165, 1.54) is 12.8 Å². The molecular weight excluding hydrogens is 254 g/mol. The van der Waals surface area contributed by atoms with Gasteiger partial charge in [-0.1, -0.05) is 6.42 Å². The maximum atomic E-state index is 10.5. The zero-order valence-corrected chi connectivity index (χ0v) is 10.2.